The highest BCUT2D eigenvalue weighted by molar-refractivity contribution is 7.91. The molecule has 0 radical (unpaired) electrons. The number of rotatable bonds is 12. The summed E-state index contributed by atoms with van der Waals surface area (Å²) in [5.41, 5.74) is 1.11. The van der Waals surface area contributed by atoms with Crippen molar-refractivity contribution in [2.75, 3.05) is 6.54 Å². The van der Waals surface area contributed by atoms with Crippen LogP contribution in [0.5, 0.6) is 0 Å². The van der Waals surface area contributed by atoms with E-state index in [1.54, 1.807) is 20.8 Å². The number of carbonyl (C=O) groups is 4. The lowest BCUT2D eigenvalue weighted by Gasteiger charge is -2.32. The van der Waals surface area contributed by atoms with Crippen LogP contribution < -0.4 is 15.4 Å². The lowest BCUT2D eigenvalue weighted by Crippen LogP contribution is -2.59. The van der Waals surface area contributed by atoms with E-state index in [0.717, 1.165) is 54.4 Å². The first-order valence-corrected chi connectivity index (χ1v) is 21.0. The highest BCUT2D eigenvalue weighted by atomic mass is 32.2. The molecule has 1 unspecified atom stereocenters. The van der Waals surface area contributed by atoms with Crippen LogP contribution in [0.15, 0.2) is 53.7 Å². The molecule has 56 heavy (non-hydrogen) atoms. The number of carbonyl (C=O) groups excluding carboxylic acids is 4. The molecule has 1 saturated heterocycles. The SMILES string of the molecule is CC(C)(C)OC(=O)N[C@@H](CC1CCCCC1)C(=O)N1C[C@H](ON=C2c3ccccc3-c3ccccc32)CC1C(=O)N[C@@]1(C(=O)NS(=O)(=O)C2CC2)C[C@H]1C(F)F. The van der Waals surface area contributed by atoms with Crippen LogP contribution in [-0.4, -0.2) is 90.4 Å². The third-order valence-corrected chi connectivity index (χ3v) is 13.2. The van der Waals surface area contributed by atoms with Gasteiger partial charge in [0.05, 0.1) is 17.7 Å². The molecule has 3 N–H and O–H groups in total. The molecular formula is C40H49F2N5O8S. The molecule has 5 aliphatic rings. The summed E-state index contributed by atoms with van der Waals surface area (Å²) >= 11 is 0. The zero-order chi connectivity index (χ0) is 40.0. The Labute approximate surface area is 325 Å². The summed E-state index contributed by atoms with van der Waals surface area (Å²) in [6.45, 7) is 4.94. The maximum Gasteiger partial charge on any atom is 0.408 e. The Morgan fingerprint density at radius 2 is 1.54 bits per heavy atom. The van der Waals surface area contributed by atoms with Crippen molar-refractivity contribution in [2.45, 2.75) is 126 Å². The predicted molar refractivity (Wildman–Crippen MR) is 202 cm³/mol. The Bertz CT molecular complexity index is 1960. The van der Waals surface area contributed by atoms with Crippen molar-refractivity contribution in [3.8, 4) is 11.1 Å². The van der Waals surface area contributed by atoms with Crippen molar-refractivity contribution in [1.82, 2.24) is 20.3 Å². The number of likely N-dealkylation sites (tertiary alicyclic amines) is 1. The smallest absolute Gasteiger partial charge is 0.408 e. The molecule has 7 rings (SSSR count). The van der Waals surface area contributed by atoms with Crippen LogP contribution >= 0.6 is 0 Å². The molecule has 3 saturated carbocycles. The number of sulfonamides is 1. The minimum absolute atomic E-state index is 0.113. The number of benzene rings is 2. The first-order valence-electron chi connectivity index (χ1n) is 19.5. The van der Waals surface area contributed by atoms with E-state index in [1.807, 2.05) is 53.3 Å². The van der Waals surface area contributed by atoms with Gasteiger partial charge >= 0.3 is 6.09 Å². The Morgan fingerprint density at radius 3 is 2.09 bits per heavy atom. The van der Waals surface area contributed by atoms with Crippen LogP contribution in [0.2, 0.25) is 0 Å². The van der Waals surface area contributed by atoms with E-state index < -0.39 is 87.2 Å². The van der Waals surface area contributed by atoms with E-state index in [4.69, 9.17) is 9.57 Å². The number of amides is 4. The molecule has 4 amide bonds. The van der Waals surface area contributed by atoms with Gasteiger partial charge in [0.15, 0.2) is 0 Å². The van der Waals surface area contributed by atoms with Gasteiger partial charge in [-0.05, 0) is 63.5 Å². The van der Waals surface area contributed by atoms with Crippen LogP contribution in [0.3, 0.4) is 0 Å². The van der Waals surface area contributed by atoms with E-state index in [2.05, 4.69) is 15.8 Å². The normalized spacial score (nSPS) is 25.1. The number of halogens is 2. The van der Waals surface area contributed by atoms with Crippen molar-refractivity contribution < 1.29 is 46.0 Å². The van der Waals surface area contributed by atoms with Gasteiger partial charge in [-0.2, -0.15) is 0 Å². The number of alkyl carbamates (subject to hydrolysis) is 1. The van der Waals surface area contributed by atoms with Gasteiger partial charge in [-0.15, -0.1) is 0 Å². The first kappa shape index (κ1) is 39.6. The van der Waals surface area contributed by atoms with Crippen molar-refractivity contribution in [3.63, 3.8) is 0 Å². The number of fused-ring (bicyclic) bond motifs is 3. The molecule has 2 aromatic carbocycles. The largest absolute Gasteiger partial charge is 0.444 e. The molecular weight excluding hydrogens is 749 g/mol. The summed E-state index contributed by atoms with van der Waals surface area (Å²) in [5, 5.41) is 8.92. The molecule has 13 nitrogen and oxygen atoms in total. The molecule has 0 spiro atoms. The molecule has 0 bridgehead atoms. The van der Waals surface area contributed by atoms with Crippen LogP contribution in [0, 0.1) is 11.8 Å². The molecule has 1 heterocycles. The number of nitrogens with one attached hydrogen (secondary N) is 3. The van der Waals surface area contributed by atoms with E-state index in [9.17, 15) is 36.4 Å². The van der Waals surface area contributed by atoms with Gasteiger partial charge in [-0.1, -0.05) is 85.8 Å². The Morgan fingerprint density at radius 1 is 0.929 bits per heavy atom. The van der Waals surface area contributed by atoms with Crippen molar-refractivity contribution in [1.29, 1.82) is 0 Å². The third-order valence-electron chi connectivity index (χ3n) is 11.3. The lowest BCUT2D eigenvalue weighted by atomic mass is 9.84. The van der Waals surface area contributed by atoms with E-state index >= 15 is 0 Å². The minimum atomic E-state index is -4.12. The Kier molecular flexibility index (Phi) is 10.9. The average molecular weight is 798 g/mol. The lowest BCUT2D eigenvalue weighted by molar-refractivity contribution is -0.141. The van der Waals surface area contributed by atoms with Gasteiger partial charge in [0, 0.05) is 17.5 Å². The van der Waals surface area contributed by atoms with Gasteiger partial charge < -0.3 is 25.1 Å². The van der Waals surface area contributed by atoms with Crippen LogP contribution in [0.1, 0.15) is 96.1 Å². The monoisotopic (exact) mass is 797 g/mol. The Hall–Kier alpha value is -4.60. The zero-order valence-corrected chi connectivity index (χ0v) is 32.6. The predicted octanol–water partition coefficient (Wildman–Crippen LogP) is 5.02. The van der Waals surface area contributed by atoms with Gasteiger partial charge in [-0.3, -0.25) is 19.1 Å². The van der Waals surface area contributed by atoms with Crippen LogP contribution in [-0.2, 0) is 34.0 Å². The average Bonchev–Trinajstić information content (AvgIpc) is 4.06. The second-order valence-corrected chi connectivity index (χ2v) is 18.7. The van der Waals surface area contributed by atoms with Gasteiger partial charge in [-0.25, -0.2) is 22.0 Å². The highest BCUT2D eigenvalue weighted by Gasteiger charge is 2.66. The number of ether oxygens (including phenoxy) is 1. The quantitative estimate of drug-likeness (QED) is 0.215. The van der Waals surface area contributed by atoms with Gasteiger partial charge in [0.25, 0.3) is 5.91 Å². The zero-order valence-electron chi connectivity index (χ0n) is 31.8. The van der Waals surface area contributed by atoms with Crippen molar-refractivity contribution >= 4 is 39.5 Å². The second-order valence-electron chi connectivity index (χ2n) is 16.7. The molecule has 16 heteroatoms. The molecule has 1 aliphatic heterocycles. The van der Waals surface area contributed by atoms with E-state index in [0.29, 0.717) is 18.6 Å². The fourth-order valence-corrected chi connectivity index (χ4v) is 9.62. The Balaban J connectivity index is 1.18. The number of nitrogens with zero attached hydrogens (tertiary/aromatic N) is 2. The van der Waals surface area contributed by atoms with Crippen LogP contribution in [0.4, 0.5) is 13.6 Å². The third kappa shape index (κ3) is 8.40. The topological polar surface area (TPSA) is 173 Å². The highest BCUT2D eigenvalue weighted by Crippen LogP contribution is 2.48. The number of oxime groups is 1. The number of hydrogen-bond donors (Lipinski definition) is 3. The van der Waals surface area contributed by atoms with Crippen LogP contribution in [0.25, 0.3) is 11.1 Å². The summed E-state index contributed by atoms with van der Waals surface area (Å²) in [4.78, 5) is 62.8. The van der Waals surface area contributed by atoms with E-state index in [-0.39, 0.29) is 25.3 Å². The van der Waals surface area contributed by atoms with Crippen molar-refractivity contribution in [3.05, 3.63) is 59.7 Å². The van der Waals surface area contributed by atoms with E-state index in [1.165, 1.54) is 4.90 Å². The maximum absolute atomic E-state index is 14.6. The molecule has 0 aromatic heterocycles. The number of alkyl halides is 2. The molecule has 2 aromatic rings. The summed E-state index contributed by atoms with van der Waals surface area (Å²) in [6.07, 6.45) is 0.355. The fraction of sp³-hybridized carbons (Fsp3) is 0.575. The standard InChI is InChI=1S/C40H49F2N5O8S/c1-39(2,3)54-38(51)43-31(19-23-11-5-4-6-12-23)36(49)47-22-24(55-45-33-28-15-9-7-13-26(28)27-14-8-10-16-29(27)33)20-32(47)35(48)44-40(21-30(40)34(41)42)37(50)46-56(52,53)25-17-18-25/h7-10,13-16,23-25,30-32,34H,4-6,11-12,17-22H2,1-3H3,(H,43,51)(H,44,48)(H,46,50)/t24-,30+,31+,32?,40+/m1/s1. The fourth-order valence-electron chi connectivity index (χ4n) is 8.25. The molecule has 302 valence electrons. The van der Waals surface area contributed by atoms with Gasteiger partial charge in [0.2, 0.25) is 28.3 Å². The summed E-state index contributed by atoms with van der Waals surface area (Å²) in [5.74, 6) is -4.29. The van der Waals surface area contributed by atoms with Gasteiger partial charge in [0.1, 0.15) is 35.0 Å². The first-order chi connectivity index (χ1) is 26.6. The summed E-state index contributed by atoms with van der Waals surface area (Å²) in [6, 6.07) is 13.0. The summed E-state index contributed by atoms with van der Waals surface area (Å²) < 4.78 is 61.1. The molecule has 4 aliphatic carbocycles. The number of hydrogen-bond acceptors (Lipinski definition) is 9. The van der Waals surface area contributed by atoms with Crippen molar-refractivity contribution in [2.24, 2.45) is 17.0 Å². The maximum atomic E-state index is 14.6. The summed E-state index contributed by atoms with van der Waals surface area (Å²) in [7, 11) is -4.12. The molecule has 5 atom stereocenters. The molecule has 4 fully saturated rings. The second kappa shape index (κ2) is 15.4. The minimum Gasteiger partial charge on any atom is -0.444 e.